The highest BCUT2D eigenvalue weighted by Crippen LogP contribution is 2.46. The van der Waals surface area contributed by atoms with Gasteiger partial charge in [-0.15, -0.1) is 0 Å². The Bertz CT molecular complexity index is 4290. The number of para-hydroxylation sites is 2. The number of rotatable bonds is 10. The minimum atomic E-state index is 1.10. The van der Waals surface area contributed by atoms with Crippen LogP contribution >= 0.6 is 0 Å². The molecule has 2 nitrogen and oxygen atoms in total. The average molecular weight is 967 g/mol. The van der Waals surface area contributed by atoms with E-state index in [9.17, 15) is 0 Å². The largest absolute Gasteiger partial charge is 0.310 e. The molecule has 0 saturated carbocycles. The molecule has 0 aliphatic carbocycles. The van der Waals surface area contributed by atoms with Gasteiger partial charge in [0.1, 0.15) is 0 Å². The highest BCUT2D eigenvalue weighted by atomic mass is 15.1. The van der Waals surface area contributed by atoms with Crippen molar-refractivity contribution < 1.29 is 0 Å². The molecule has 0 amide bonds. The van der Waals surface area contributed by atoms with Gasteiger partial charge in [0, 0.05) is 33.4 Å². The number of hydrogen-bond donors (Lipinski definition) is 0. The Balaban J connectivity index is 0.929. The summed E-state index contributed by atoms with van der Waals surface area (Å²) in [5, 5.41) is 7.25. The van der Waals surface area contributed by atoms with E-state index in [2.05, 4.69) is 313 Å². The zero-order valence-corrected chi connectivity index (χ0v) is 41.8. The van der Waals surface area contributed by atoms with Gasteiger partial charge in [-0.3, -0.25) is 0 Å². The first kappa shape index (κ1) is 44.7. The third kappa shape index (κ3) is 8.19. The molecule has 0 N–H and O–H groups in total. The summed E-state index contributed by atoms with van der Waals surface area (Å²) in [6.07, 6.45) is 0. The second-order valence-corrected chi connectivity index (χ2v) is 19.7. The van der Waals surface area contributed by atoms with Crippen LogP contribution in [-0.4, -0.2) is 4.57 Å². The van der Waals surface area contributed by atoms with E-state index < -0.39 is 0 Å². The van der Waals surface area contributed by atoms with Gasteiger partial charge in [-0.2, -0.15) is 0 Å². The molecule has 0 bridgehead atoms. The Kier molecular flexibility index (Phi) is 11.2. The molecule has 0 saturated heterocycles. The van der Waals surface area contributed by atoms with Gasteiger partial charge in [-0.1, -0.05) is 224 Å². The number of fused-ring (bicyclic) bond motifs is 5. The summed E-state index contributed by atoms with van der Waals surface area (Å²) in [7, 11) is 0. The SMILES string of the molecule is c1ccc(-c2cccc(-c3cc(-c4cccc(-c5ccccc5)c4)cc(-n4c5ccccc5c5cc(-c6ccccc6-c6ccccc6N(c6ccc7ccccc7c6)c6ccc7ccccc7c6)ccc54)c3)c2)cc1. The van der Waals surface area contributed by atoms with E-state index in [0.717, 1.165) is 56.0 Å². The zero-order chi connectivity index (χ0) is 50.4. The van der Waals surface area contributed by atoms with Gasteiger partial charge in [-0.25, -0.2) is 0 Å². The monoisotopic (exact) mass is 966 g/mol. The van der Waals surface area contributed by atoms with Crippen LogP contribution in [0.3, 0.4) is 0 Å². The van der Waals surface area contributed by atoms with Crippen molar-refractivity contribution in [3.8, 4) is 72.4 Å². The topological polar surface area (TPSA) is 8.17 Å². The van der Waals surface area contributed by atoms with Crippen LogP contribution in [0, 0.1) is 0 Å². The maximum absolute atomic E-state index is 2.47. The molecule has 0 unspecified atom stereocenters. The van der Waals surface area contributed by atoms with E-state index in [-0.39, 0.29) is 0 Å². The fraction of sp³-hybridized carbons (Fsp3) is 0. The lowest BCUT2D eigenvalue weighted by Gasteiger charge is -2.29. The third-order valence-electron chi connectivity index (χ3n) is 15.1. The fourth-order valence-corrected chi connectivity index (χ4v) is 11.4. The molecular weight excluding hydrogens is 917 g/mol. The number of aromatic nitrogens is 1. The molecule has 0 fully saturated rings. The highest BCUT2D eigenvalue weighted by molar-refractivity contribution is 6.11. The second-order valence-electron chi connectivity index (χ2n) is 19.7. The van der Waals surface area contributed by atoms with Gasteiger partial charge in [-0.05, 0) is 162 Å². The van der Waals surface area contributed by atoms with E-state index in [1.54, 1.807) is 0 Å². The summed E-state index contributed by atoms with van der Waals surface area (Å²) in [4.78, 5) is 2.43. The second kappa shape index (κ2) is 19.1. The highest BCUT2D eigenvalue weighted by Gasteiger charge is 2.22. The van der Waals surface area contributed by atoms with E-state index in [1.807, 2.05) is 0 Å². The number of benzene rings is 13. The van der Waals surface area contributed by atoms with Crippen molar-refractivity contribution in [2.45, 2.75) is 0 Å². The van der Waals surface area contributed by atoms with Gasteiger partial charge in [0.25, 0.3) is 0 Å². The maximum atomic E-state index is 2.47. The molecular formula is C74H50N2. The maximum Gasteiger partial charge on any atom is 0.0541 e. The molecule has 0 spiro atoms. The minimum absolute atomic E-state index is 1.10. The number of hydrogen-bond acceptors (Lipinski definition) is 1. The lowest BCUT2D eigenvalue weighted by molar-refractivity contribution is 1.18. The standard InChI is InChI=1S/C74H50N2/c1-3-19-51(20-4-1)55-27-17-29-57(43-55)62-45-63(58-30-18-28-56(44-58)52-21-5-2-6-22-52)49-66(48-62)76-73-36-16-14-34-70(73)71-50-61(39-42-74(71)76)67-31-11-12-32-68(67)69-33-13-15-35-72(69)75(64-40-37-53-23-7-9-25-59(53)46-64)65-41-38-54-24-8-10-26-60(54)47-65/h1-50H. The first-order valence-corrected chi connectivity index (χ1v) is 26.1. The van der Waals surface area contributed by atoms with Crippen LogP contribution in [0.15, 0.2) is 303 Å². The molecule has 13 aromatic carbocycles. The molecule has 0 radical (unpaired) electrons. The van der Waals surface area contributed by atoms with Gasteiger partial charge < -0.3 is 9.47 Å². The van der Waals surface area contributed by atoms with E-state index >= 15 is 0 Å². The van der Waals surface area contributed by atoms with Crippen LogP contribution in [-0.2, 0) is 0 Å². The normalized spacial score (nSPS) is 11.4. The number of anilines is 3. The molecule has 0 aliphatic rings. The quantitative estimate of drug-likeness (QED) is 0.133. The Hall–Kier alpha value is -10.0. The third-order valence-corrected chi connectivity index (χ3v) is 15.1. The first-order chi connectivity index (χ1) is 37.7. The van der Waals surface area contributed by atoms with E-state index in [1.165, 1.54) is 76.8 Å². The Morgan fingerprint density at radius 3 is 1.28 bits per heavy atom. The van der Waals surface area contributed by atoms with Crippen molar-refractivity contribution in [2.75, 3.05) is 4.90 Å². The van der Waals surface area contributed by atoms with Crippen LogP contribution in [0.2, 0.25) is 0 Å². The van der Waals surface area contributed by atoms with E-state index in [0.29, 0.717) is 0 Å². The molecule has 14 rings (SSSR count). The predicted octanol–water partition coefficient (Wildman–Crippen LogP) is 20.6. The van der Waals surface area contributed by atoms with Crippen molar-refractivity contribution in [3.05, 3.63) is 303 Å². The first-order valence-electron chi connectivity index (χ1n) is 26.1. The molecule has 0 atom stereocenters. The zero-order valence-electron chi connectivity index (χ0n) is 41.8. The molecule has 2 heteroatoms. The van der Waals surface area contributed by atoms with Gasteiger partial charge >= 0.3 is 0 Å². The van der Waals surface area contributed by atoms with Crippen molar-refractivity contribution in [1.29, 1.82) is 0 Å². The van der Waals surface area contributed by atoms with Gasteiger partial charge in [0.15, 0.2) is 0 Å². The van der Waals surface area contributed by atoms with Crippen molar-refractivity contribution in [2.24, 2.45) is 0 Å². The lowest BCUT2D eigenvalue weighted by atomic mass is 9.92. The number of nitrogens with zero attached hydrogens (tertiary/aromatic N) is 2. The molecule has 76 heavy (non-hydrogen) atoms. The van der Waals surface area contributed by atoms with Crippen molar-refractivity contribution in [3.63, 3.8) is 0 Å². The van der Waals surface area contributed by atoms with Crippen LogP contribution in [0.4, 0.5) is 17.1 Å². The van der Waals surface area contributed by atoms with E-state index in [4.69, 9.17) is 0 Å². The molecule has 14 aromatic rings. The summed E-state index contributed by atoms with van der Waals surface area (Å²) < 4.78 is 2.47. The molecule has 1 heterocycles. The molecule has 356 valence electrons. The summed E-state index contributed by atoms with van der Waals surface area (Å²) >= 11 is 0. The summed E-state index contributed by atoms with van der Waals surface area (Å²) in [5.41, 5.74) is 20.8. The van der Waals surface area contributed by atoms with Gasteiger partial charge in [0.05, 0.1) is 16.7 Å². The Morgan fingerprint density at radius 1 is 0.224 bits per heavy atom. The molecule has 1 aromatic heterocycles. The lowest BCUT2D eigenvalue weighted by Crippen LogP contribution is -2.11. The van der Waals surface area contributed by atoms with Crippen LogP contribution < -0.4 is 4.90 Å². The van der Waals surface area contributed by atoms with Crippen LogP contribution in [0.25, 0.3) is 116 Å². The van der Waals surface area contributed by atoms with Crippen molar-refractivity contribution in [1.82, 2.24) is 4.57 Å². The van der Waals surface area contributed by atoms with Crippen molar-refractivity contribution >= 4 is 60.4 Å². The minimum Gasteiger partial charge on any atom is -0.310 e. The van der Waals surface area contributed by atoms with Gasteiger partial charge in [0.2, 0.25) is 0 Å². The smallest absolute Gasteiger partial charge is 0.0541 e. The summed E-state index contributed by atoms with van der Waals surface area (Å²) in [6.45, 7) is 0. The average Bonchev–Trinajstić information content (AvgIpc) is 3.84. The van der Waals surface area contributed by atoms with Crippen LogP contribution in [0.1, 0.15) is 0 Å². The predicted molar refractivity (Wildman–Crippen MR) is 323 cm³/mol. The Labute approximate surface area is 443 Å². The molecule has 0 aliphatic heterocycles. The Morgan fingerprint density at radius 2 is 0.671 bits per heavy atom. The summed E-state index contributed by atoms with van der Waals surface area (Å²) in [6, 6.07) is 111. The van der Waals surface area contributed by atoms with Crippen LogP contribution in [0.5, 0.6) is 0 Å². The fourth-order valence-electron chi connectivity index (χ4n) is 11.4. The summed E-state index contributed by atoms with van der Waals surface area (Å²) in [5.74, 6) is 0.